The molecule has 0 bridgehead atoms. The standard InChI is InChI=1S/C13H16F3N3O2/c1-18(12(20)21)9-4-5-19(7-9)11-3-2-8(17)6-10(11)13(14,15)16/h2-3,6,9H,4-5,7,17H2,1H3,(H,20,21). The lowest BCUT2D eigenvalue weighted by Crippen LogP contribution is -2.38. The summed E-state index contributed by atoms with van der Waals surface area (Å²) in [6, 6.07) is 3.34. The Balaban J connectivity index is 2.26. The predicted molar refractivity (Wildman–Crippen MR) is 72.3 cm³/mol. The molecule has 1 aromatic carbocycles. The van der Waals surface area contributed by atoms with Crippen LogP contribution in [0.25, 0.3) is 0 Å². The molecule has 0 aliphatic carbocycles. The molecule has 21 heavy (non-hydrogen) atoms. The van der Waals surface area contributed by atoms with Gasteiger partial charge in [-0.1, -0.05) is 0 Å². The van der Waals surface area contributed by atoms with Crippen LogP contribution in [0.15, 0.2) is 18.2 Å². The number of nitrogen functional groups attached to an aromatic ring is 1. The zero-order valence-corrected chi connectivity index (χ0v) is 11.4. The van der Waals surface area contributed by atoms with Crippen LogP contribution in [-0.2, 0) is 6.18 Å². The van der Waals surface area contributed by atoms with E-state index in [0.717, 1.165) is 11.0 Å². The fourth-order valence-corrected chi connectivity index (χ4v) is 2.49. The van der Waals surface area contributed by atoms with Gasteiger partial charge in [0, 0.05) is 31.5 Å². The highest BCUT2D eigenvalue weighted by Crippen LogP contribution is 2.39. The Morgan fingerprint density at radius 1 is 1.48 bits per heavy atom. The van der Waals surface area contributed by atoms with Crippen molar-refractivity contribution in [1.82, 2.24) is 4.90 Å². The van der Waals surface area contributed by atoms with Gasteiger partial charge in [-0.15, -0.1) is 0 Å². The van der Waals surface area contributed by atoms with Gasteiger partial charge in [0.25, 0.3) is 0 Å². The minimum absolute atomic E-state index is 0.0398. The van der Waals surface area contributed by atoms with Gasteiger partial charge in [-0.05, 0) is 24.6 Å². The second-order valence-electron chi connectivity index (χ2n) is 5.06. The van der Waals surface area contributed by atoms with E-state index in [4.69, 9.17) is 10.8 Å². The van der Waals surface area contributed by atoms with Crippen molar-refractivity contribution in [3.05, 3.63) is 23.8 Å². The molecule has 5 nitrogen and oxygen atoms in total. The third-order valence-electron chi connectivity index (χ3n) is 3.68. The average Bonchev–Trinajstić information content (AvgIpc) is 2.86. The summed E-state index contributed by atoms with van der Waals surface area (Å²) in [7, 11) is 1.42. The lowest BCUT2D eigenvalue weighted by Gasteiger charge is -2.25. The summed E-state index contributed by atoms with van der Waals surface area (Å²) in [5, 5.41) is 8.93. The molecular weight excluding hydrogens is 287 g/mol. The van der Waals surface area contributed by atoms with Crippen LogP contribution in [0.1, 0.15) is 12.0 Å². The smallest absolute Gasteiger partial charge is 0.418 e. The summed E-state index contributed by atoms with van der Waals surface area (Å²) >= 11 is 0. The molecule has 1 atom stereocenters. The molecule has 0 aromatic heterocycles. The van der Waals surface area contributed by atoms with Crippen molar-refractivity contribution in [2.75, 3.05) is 30.8 Å². The van der Waals surface area contributed by atoms with E-state index in [2.05, 4.69) is 0 Å². The fraction of sp³-hybridized carbons (Fsp3) is 0.462. The first-order valence-corrected chi connectivity index (χ1v) is 6.37. The van der Waals surface area contributed by atoms with Crippen LogP contribution in [-0.4, -0.2) is 42.3 Å². The predicted octanol–water partition coefficient (Wildman–Crippen LogP) is 2.48. The van der Waals surface area contributed by atoms with Gasteiger partial charge in [0.2, 0.25) is 0 Å². The number of carbonyl (C=O) groups is 1. The summed E-state index contributed by atoms with van der Waals surface area (Å²) in [5.74, 6) is 0. The van der Waals surface area contributed by atoms with Crippen molar-refractivity contribution in [2.24, 2.45) is 0 Å². The number of likely N-dealkylation sites (N-methyl/N-ethyl adjacent to an activating group) is 1. The Labute approximate surface area is 119 Å². The third-order valence-corrected chi connectivity index (χ3v) is 3.68. The monoisotopic (exact) mass is 303 g/mol. The van der Waals surface area contributed by atoms with Gasteiger partial charge in [-0.3, -0.25) is 0 Å². The molecule has 1 amide bonds. The molecule has 1 aromatic rings. The molecule has 1 unspecified atom stereocenters. The maximum absolute atomic E-state index is 13.1. The normalized spacial score (nSPS) is 18.9. The SMILES string of the molecule is CN(C(=O)O)C1CCN(c2ccc(N)cc2C(F)(F)F)C1. The number of rotatable bonds is 2. The Bertz CT molecular complexity index is 548. The summed E-state index contributed by atoms with van der Waals surface area (Å²) in [4.78, 5) is 13.6. The van der Waals surface area contributed by atoms with Crippen LogP contribution >= 0.6 is 0 Å². The fourth-order valence-electron chi connectivity index (χ4n) is 2.49. The first-order valence-electron chi connectivity index (χ1n) is 6.37. The zero-order valence-electron chi connectivity index (χ0n) is 11.4. The van der Waals surface area contributed by atoms with E-state index in [1.807, 2.05) is 0 Å². The minimum atomic E-state index is -4.50. The summed E-state index contributed by atoms with van der Waals surface area (Å²) < 4.78 is 39.2. The van der Waals surface area contributed by atoms with E-state index in [0.29, 0.717) is 13.0 Å². The van der Waals surface area contributed by atoms with E-state index < -0.39 is 17.8 Å². The number of nitrogens with zero attached hydrogens (tertiary/aromatic N) is 2. The molecule has 0 radical (unpaired) electrons. The van der Waals surface area contributed by atoms with Gasteiger partial charge in [0.15, 0.2) is 0 Å². The summed E-state index contributed by atoms with van der Waals surface area (Å²) in [6.07, 6.45) is -5.10. The van der Waals surface area contributed by atoms with Gasteiger partial charge in [0.05, 0.1) is 11.6 Å². The highest BCUT2D eigenvalue weighted by Gasteiger charge is 2.37. The molecule has 1 saturated heterocycles. The maximum atomic E-state index is 13.1. The van der Waals surface area contributed by atoms with Gasteiger partial charge < -0.3 is 20.6 Å². The number of halogens is 3. The van der Waals surface area contributed by atoms with Crippen LogP contribution in [0.2, 0.25) is 0 Å². The molecule has 0 spiro atoms. The van der Waals surface area contributed by atoms with E-state index in [9.17, 15) is 18.0 Å². The van der Waals surface area contributed by atoms with E-state index in [1.165, 1.54) is 19.2 Å². The quantitative estimate of drug-likeness (QED) is 0.824. The maximum Gasteiger partial charge on any atom is 0.418 e. The van der Waals surface area contributed by atoms with Crippen LogP contribution in [0.3, 0.4) is 0 Å². The molecule has 1 aliphatic heterocycles. The largest absolute Gasteiger partial charge is 0.465 e. The summed E-state index contributed by atoms with van der Waals surface area (Å²) in [6.45, 7) is 0.602. The molecule has 1 heterocycles. The lowest BCUT2D eigenvalue weighted by atomic mass is 10.1. The Morgan fingerprint density at radius 2 is 2.14 bits per heavy atom. The number of amides is 1. The zero-order chi connectivity index (χ0) is 15.8. The van der Waals surface area contributed by atoms with Crippen LogP contribution in [0.4, 0.5) is 29.3 Å². The Hall–Kier alpha value is -2.12. The Morgan fingerprint density at radius 3 is 2.71 bits per heavy atom. The lowest BCUT2D eigenvalue weighted by molar-refractivity contribution is -0.137. The van der Waals surface area contributed by atoms with Crippen LogP contribution in [0.5, 0.6) is 0 Å². The van der Waals surface area contributed by atoms with Gasteiger partial charge >= 0.3 is 12.3 Å². The molecule has 2 rings (SSSR count). The molecule has 0 saturated carbocycles. The van der Waals surface area contributed by atoms with E-state index >= 15 is 0 Å². The van der Waals surface area contributed by atoms with Crippen LogP contribution < -0.4 is 10.6 Å². The highest BCUT2D eigenvalue weighted by molar-refractivity contribution is 5.66. The van der Waals surface area contributed by atoms with Gasteiger partial charge in [0.1, 0.15) is 0 Å². The van der Waals surface area contributed by atoms with Crippen molar-refractivity contribution in [2.45, 2.75) is 18.6 Å². The van der Waals surface area contributed by atoms with Crippen molar-refractivity contribution < 1.29 is 23.1 Å². The number of carboxylic acid groups (broad SMARTS) is 1. The molecule has 3 N–H and O–H groups in total. The molecule has 1 aliphatic rings. The molecule has 8 heteroatoms. The summed E-state index contributed by atoms with van der Waals surface area (Å²) in [5.41, 5.74) is 4.73. The van der Waals surface area contributed by atoms with Gasteiger partial charge in [-0.25, -0.2) is 4.79 Å². The van der Waals surface area contributed by atoms with Gasteiger partial charge in [-0.2, -0.15) is 13.2 Å². The number of nitrogens with two attached hydrogens (primary N) is 1. The minimum Gasteiger partial charge on any atom is -0.465 e. The van der Waals surface area contributed by atoms with Crippen molar-refractivity contribution in [3.63, 3.8) is 0 Å². The number of benzene rings is 1. The first-order chi connectivity index (χ1) is 9.70. The van der Waals surface area contributed by atoms with Crippen molar-refractivity contribution in [3.8, 4) is 0 Å². The van der Waals surface area contributed by atoms with Crippen molar-refractivity contribution >= 4 is 17.5 Å². The first kappa shape index (κ1) is 15.3. The van der Waals surface area contributed by atoms with E-state index in [1.54, 1.807) is 4.90 Å². The Kier molecular flexibility index (Phi) is 3.89. The van der Waals surface area contributed by atoms with Crippen molar-refractivity contribution in [1.29, 1.82) is 0 Å². The second-order valence-corrected chi connectivity index (χ2v) is 5.06. The molecule has 1 fully saturated rings. The number of alkyl halides is 3. The molecular formula is C13H16F3N3O2. The second kappa shape index (κ2) is 5.34. The number of hydrogen-bond donors (Lipinski definition) is 2. The number of hydrogen-bond acceptors (Lipinski definition) is 3. The number of anilines is 2. The third kappa shape index (κ3) is 3.14. The van der Waals surface area contributed by atoms with Crippen LogP contribution in [0, 0.1) is 0 Å². The van der Waals surface area contributed by atoms with E-state index in [-0.39, 0.29) is 24.0 Å². The average molecular weight is 303 g/mol. The molecule has 116 valence electrons. The highest BCUT2D eigenvalue weighted by atomic mass is 19.4. The topological polar surface area (TPSA) is 69.8 Å².